The molecule has 0 aromatic heterocycles. The molecule has 98 valence electrons. The van der Waals surface area contributed by atoms with Gasteiger partial charge in [-0.3, -0.25) is 0 Å². The molecule has 2 aromatic rings. The highest BCUT2D eigenvalue weighted by atomic mass is 79.9. The van der Waals surface area contributed by atoms with Gasteiger partial charge in [0, 0.05) is 4.47 Å². The summed E-state index contributed by atoms with van der Waals surface area (Å²) in [6, 6.07) is 11.1. The molecular formula is C15H12Br2O2. The number of carbonyl (C=O) groups is 1. The second-order valence-corrected chi connectivity index (χ2v) is 6.06. The molecule has 0 fully saturated rings. The van der Waals surface area contributed by atoms with Crippen LogP contribution < -0.4 is 4.74 Å². The summed E-state index contributed by atoms with van der Waals surface area (Å²) in [5, 5.41) is 0. The predicted octanol–water partition coefficient (Wildman–Crippen LogP) is 5.05. The molecule has 0 atom stereocenters. The molecule has 4 heteroatoms. The Morgan fingerprint density at radius 3 is 2.26 bits per heavy atom. The highest BCUT2D eigenvalue weighted by Gasteiger charge is 2.13. The number of rotatable bonds is 2. The van der Waals surface area contributed by atoms with Crippen molar-refractivity contribution in [1.29, 1.82) is 0 Å². The van der Waals surface area contributed by atoms with Gasteiger partial charge >= 0.3 is 5.97 Å². The fraction of sp³-hybridized carbons (Fsp3) is 0.133. The third-order valence-corrected chi connectivity index (χ3v) is 3.72. The maximum atomic E-state index is 12.1. The van der Waals surface area contributed by atoms with E-state index >= 15 is 0 Å². The number of ether oxygens (including phenoxy) is 1. The quantitative estimate of drug-likeness (QED) is 0.535. The van der Waals surface area contributed by atoms with Gasteiger partial charge in [0.25, 0.3) is 0 Å². The molecule has 0 radical (unpaired) electrons. The van der Waals surface area contributed by atoms with Crippen LogP contribution in [-0.4, -0.2) is 5.97 Å². The summed E-state index contributed by atoms with van der Waals surface area (Å²) in [7, 11) is 0. The number of aryl methyl sites for hydroxylation is 2. The lowest BCUT2D eigenvalue weighted by molar-refractivity contribution is 0.0732. The lowest BCUT2D eigenvalue weighted by Gasteiger charge is -2.10. The van der Waals surface area contributed by atoms with Gasteiger partial charge in [-0.15, -0.1) is 0 Å². The molecule has 2 aromatic carbocycles. The third kappa shape index (κ3) is 3.45. The molecule has 0 bridgehead atoms. The Morgan fingerprint density at radius 2 is 1.68 bits per heavy atom. The topological polar surface area (TPSA) is 26.3 Å². The summed E-state index contributed by atoms with van der Waals surface area (Å²) in [4.78, 5) is 12.1. The molecule has 0 spiro atoms. The summed E-state index contributed by atoms with van der Waals surface area (Å²) >= 11 is 6.80. The predicted molar refractivity (Wildman–Crippen MR) is 82.7 cm³/mol. The number of carbonyl (C=O) groups excluding carboxylic acids is 1. The highest BCUT2D eigenvalue weighted by Crippen LogP contribution is 2.32. The first-order chi connectivity index (χ1) is 8.97. The van der Waals surface area contributed by atoms with Gasteiger partial charge in [0.15, 0.2) is 0 Å². The fourth-order valence-electron chi connectivity index (χ4n) is 1.66. The van der Waals surface area contributed by atoms with Gasteiger partial charge in [0.2, 0.25) is 0 Å². The van der Waals surface area contributed by atoms with E-state index in [2.05, 4.69) is 31.9 Å². The normalized spacial score (nSPS) is 10.3. The number of hydrogen-bond donors (Lipinski definition) is 0. The zero-order chi connectivity index (χ0) is 14.0. The SMILES string of the molecule is Cc1ccc(C(=O)Oc2c(C)cc(Br)cc2Br)cc1. The lowest BCUT2D eigenvalue weighted by atomic mass is 10.1. The zero-order valence-corrected chi connectivity index (χ0v) is 13.7. The van der Waals surface area contributed by atoms with Gasteiger partial charge in [0.05, 0.1) is 10.0 Å². The van der Waals surface area contributed by atoms with E-state index in [1.807, 2.05) is 38.1 Å². The lowest BCUT2D eigenvalue weighted by Crippen LogP contribution is -2.09. The Hall–Kier alpha value is -1.13. The van der Waals surface area contributed by atoms with Crippen LogP contribution in [0.2, 0.25) is 0 Å². The molecule has 0 saturated carbocycles. The first-order valence-corrected chi connectivity index (χ1v) is 7.30. The van der Waals surface area contributed by atoms with E-state index in [-0.39, 0.29) is 5.97 Å². The summed E-state index contributed by atoms with van der Waals surface area (Å²) in [5.41, 5.74) is 2.54. The van der Waals surface area contributed by atoms with E-state index in [0.717, 1.165) is 20.1 Å². The van der Waals surface area contributed by atoms with Gasteiger partial charge in [0.1, 0.15) is 5.75 Å². The molecule has 19 heavy (non-hydrogen) atoms. The van der Waals surface area contributed by atoms with Crippen LogP contribution in [0.25, 0.3) is 0 Å². The average Bonchev–Trinajstić information content (AvgIpc) is 2.34. The molecule has 0 unspecified atom stereocenters. The van der Waals surface area contributed by atoms with E-state index < -0.39 is 0 Å². The van der Waals surface area contributed by atoms with E-state index in [4.69, 9.17) is 4.74 Å². The Kier molecular flexibility index (Phi) is 4.42. The summed E-state index contributed by atoms with van der Waals surface area (Å²) in [6.45, 7) is 3.87. The van der Waals surface area contributed by atoms with Gasteiger partial charge in [-0.25, -0.2) is 4.79 Å². The van der Waals surface area contributed by atoms with E-state index in [1.165, 1.54) is 0 Å². The molecule has 0 aliphatic rings. The monoisotopic (exact) mass is 382 g/mol. The third-order valence-electron chi connectivity index (χ3n) is 2.68. The molecule has 0 aliphatic heterocycles. The van der Waals surface area contributed by atoms with Crippen molar-refractivity contribution < 1.29 is 9.53 Å². The molecule has 0 heterocycles. The van der Waals surface area contributed by atoms with Crippen LogP contribution in [0.15, 0.2) is 45.3 Å². The van der Waals surface area contributed by atoms with Crippen LogP contribution >= 0.6 is 31.9 Å². The molecule has 0 N–H and O–H groups in total. The molecular weight excluding hydrogens is 372 g/mol. The van der Waals surface area contributed by atoms with Gasteiger partial charge < -0.3 is 4.74 Å². The molecule has 0 saturated heterocycles. The minimum atomic E-state index is -0.355. The number of benzene rings is 2. The van der Waals surface area contributed by atoms with Crippen molar-refractivity contribution >= 4 is 37.8 Å². The number of esters is 1. The summed E-state index contributed by atoms with van der Waals surface area (Å²) in [5.74, 6) is 0.194. The fourth-order valence-corrected chi connectivity index (χ4v) is 3.18. The van der Waals surface area contributed by atoms with Crippen molar-refractivity contribution in [2.45, 2.75) is 13.8 Å². The summed E-state index contributed by atoms with van der Waals surface area (Å²) in [6.07, 6.45) is 0. The molecule has 2 nitrogen and oxygen atoms in total. The van der Waals surface area contributed by atoms with Crippen molar-refractivity contribution in [3.8, 4) is 5.75 Å². The van der Waals surface area contributed by atoms with Gasteiger partial charge in [-0.05, 0) is 59.6 Å². The van der Waals surface area contributed by atoms with E-state index in [9.17, 15) is 4.79 Å². The maximum Gasteiger partial charge on any atom is 0.343 e. The molecule has 0 aliphatic carbocycles. The second-order valence-electron chi connectivity index (χ2n) is 4.29. The first-order valence-electron chi connectivity index (χ1n) is 5.72. The van der Waals surface area contributed by atoms with Crippen LogP contribution in [0.1, 0.15) is 21.5 Å². The second kappa shape index (κ2) is 5.88. The Balaban J connectivity index is 2.26. The van der Waals surface area contributed by atoms with E-state index in [0.29, 0.717) is 11.3 Å². The van der Waals surface area contributed by atoms with Crippen LogP contribution in [0.3, 0.4) is 0 Å². The van der Waals surface area contributed by atoms with Crippen LogP contribution in [0, 0.1) is 13.8 Å². The number of halogens is 2. The standard InChI is InChI=1S/C15H12Br2O2/c1-9-3-5-11(6-4-9)15(18)19-14-10(2)7-12(16)8-13(14)17/h3-8H,1-2H3. The van der Waals surface area contributed by atoms with Gasteiger partial charge in [-0.1, -0.05) is 33.6 Å². The van der Waals surface area contributed by atoms with Crippen molar-refractivity contribution in [2.24, 2.45) is 0 Å². The Morgan fingerprint density at radius 1 is 1.05 bits per heavy atom. The molecule has 0 amide bonds. The van der Waals surface area contributed by atoms with E-state index in [1.54, 1.807) is 12.1 Å². The van der Waals surface area contributed by atoms with Crippen LogP contribution in [-0.2, 0) is 0 Å². The average molecular weight is 384 g/mol. The van der Waals surface area contributed by atoms with Crippen molar-refractivity contribution in [3.63, 3.8) is 0 Å². The highest BCUT2D eigenvalue weighted by molar-refractivity contribution is 9.11. The minimum absolute atomic E-state index is 0.355. The maximum absolute atomic E-state index is 12.1. The Bertz CT molecular complexity index is 596. The first kappa shape index (κ1) is 14.3. The largest absolute Gasteiger partial charge is 0.421 e. The van der Waals surface area contributed by atoms with Crippen molar-refractivity contribution in [1.82, 2.24) is 0 Å². The number of hydrogen-bond acceptors (Lipinski definition) is 2. The zero-order valence-electron chi connectivity index (χ0n) is 10.5. The minimum Gasteiger partial charge on any atom is -0.421 e. The van der Waals surface area contributed by atoms with Crippen LogP contribution in [0.5, 0.6) is 5.75 Å². The van der Waals surface area contributed by atoms with Crippen LogP contribution in [0.4, 0.5) is 0 Å². The van der Waals surface area contributed by atoms with Crippen molar-refractivity contribution in [2.75, 3.05) is 0 Å². The molecule has 2 rings (SSSR count). The summed E-state index contributed by atoms with van der Waals surface area (Å²) < 4.78 is 7.14. The Labute approximate surface area is 129 Å². The van der Waals surface area contributed by atoms with Gasteiger partial charge in [-0.2, -0.15) is 0 Å². The van der Waals surface area contributed by atoms with Crippen molar-refractivity contribution in [3.05, 3.63) is 62.0 Å². The smallest absolute Gasteiger partial charge is 0.343 e.